The molecular weight excluding hydrogens is 378 g/mol. The number of carbonyl (C=O) groups is 1. The molecule has 1 aromatic carbocycles. The zero-order chi connectivity index (χ0) is 20.1. The number of anilines is 2. The first-order valence-corrected chi connectivity index (χ1v) is 11.0. The van der Waals surface area contributed by atoms with E-state index in [4.69, 9.17) is 0 Å². The first-order chi connectivity index (χ1) is 13.4. The van der Waals surface area contributed by atoms with Crippen LogP contribution in [0.3, 0.4) is 0 Å². The summed E-state index contributed by atoms with van der Waals surface area (Å²) in [5, 5.41) is 9.30. The number of carboxylic acids is 1. The molecule has 1 aliphatic rings. The van der Waals surface area contributed by atoms with E-state index in [-0.39, 0.29) is 16.1 Å². The van der Waals surface area contributed by atoms with E-state index in [1.807, 2.05) is 11.8 Å². The summed E-state index contributed by atoms with van der Waals surface area (Å²) in [5.41, 5.74) is 1.18. The van der Waals surface area contributed by atoms with Crippen LogP contribution in [0.5, 0.6) is 0 Å². The van der Waals surface area contributed by atoms with E-state index >= 15 is 0 Å². The van der Waals surface area contributed by atoms with E-state index in [9.17, 15) is 18.3 Å². The molecule has 1 fully saturated rings. The average molecular weight is 404 g/mol. The number of rotatable bonds is 6. The van der Waals surface area contributed by atoms with Gasteiger partial charge >= 0.3 is 5.97 Å². The standard InChI is InChI=1S/C20H25N3O4S/c1-2-15-7-9-17(10-8-15)28(26,27)22-18-13-16(20(24)25)14-21-19(18)23-11-5-3-4-6-12-23/h7-10,13-14,22H,2-6,11-12H2,1H3,(H,24,25). The van der Waals surface area contributed by atoms with Crippen molar-refractivity contribution in [2.45, 2.75) is 43.9 Å². The van der Waals surface area contributed by atoms with Gasteiger partial charge in [-0.2, -0.15) is 0 Å². The van der Waals surface area contributed by atoms with Crippen LogP contribution in [0.4, 0.5) is 11.5 Å². The number of hydrogen-bond donors (Lipinski definition) is 2. The minimum atomic E-state index is -3.86. The Kier molecular flexibility index (Phi) is 6.18. The molecule has 2 aromatic rings. The van der Waals surface area contributed by atoms with Crippen molar-refractivity contribution in [3.05, 3.63) is 47.7 Å². The molecule has 0 spiro atoms. The van der Waals surface area contributed by atoms with Crippen LogP contribution in [0.15, 0.2) is 41.4 Å². The second kappa shape index (κ2) is 8.60. The molecule has 0 unspecified atom stereocenters. The molecule has 28 heavy (non-hydrogen) atoms. The molecule has 2 heterocycles. The number of carboxylic acid groups (broad SMARTS) is 1. The topological polar surface area (TPSA) is 99.6 Å². The number of nitrogens with one attached hydrogen (secondary N) is 1. The zero-order valence-electron chi connectivity index (χ0n) is 15.9. The highest BCUT2D eigenvalue weighted by Crippen LogP contribution is 2.29. The second-order valence-corrected chi connectivity index (χ2v) is 8.59. The van der Waals surface area contributed by atoms with Crippen LogP contribution in [-0.2, 0) is 16.4 Å². The predicted molar refractivity (Wildman–Crippen MR) is 109 cm³/mol. The van der Waals surface area contributed by atoms with E-state index in [1.165, 1.54) is 12.3 Å². The number of pyridine rings is 1. The number of sulfonamides is 1. The van der Waals surface area contributed by atoms with Crippen LogP contribution in [0.25, 0.3) is 0 Å². The lowest BCUT2D eigenvalue weighted by Crippen LogP contribution is -2.27. The fraction of sp³-hybridized carbons (Fsp3) is 0.400. The maximum absolute atomic E-state index is 12.9. The molecule has 8 heteroatoms. The second-order valence-electron chi connectivity index (χ2n) is 6.90. The van der Waals surface area contributed by atoms with Gasteiger partial charge in [-0.25, -0.2) is 18.2 Å². The predicted octanol–water partition coefficient (Wildman–Crippen LogP) is 3.52. The molecule has 7 nitrogen and oxygen atoms in total. The van der Waals surface area contributed by atoms with Crippen molar-refractivity contribution in [3.8, 4) is 0 Å². The first kappa shape index (κ1) is 20.1. The van der Waals surface area contributed by atoms with Crippen LogP contribution in [0.2, 0.25) is 0 Å². The van der Waals surface area contributed by atoms with E-state index in [0.717, 1.165) is 50.8 Å². The van der Waals surface area contributed by atoms with Gasteiger partial charge in [-0.15, -0.1) is 0 Å². The maximum Gasteiger partial charge on any atom is 0.337 e. The van der Waals surface area contributed by atoms with Gasteiger partial charge in [-0.1, -0.05) is 31.9 Å². The summed E-state index contributed by atoms with van der Waals surface area (Å²) in [4.78, 5) is 17.8. The van der Waals surface area contributed by atoms with Crippen molar-refractivity contribution in [1.29, 1.82) is 0 Å². The summed E-state index contributed by atoms with van der Waals surface area (Å²) < 4.78 is 28.3. The summed E-state index contributed by atoms with van der Waals surface area (Å²) in [6.45, 7) is 3.52. The molecule has 0 atom stereocenters. The van der Waals surface area contributed by atoms with Crippen molar-refractivity contribution in [2.24, 2.45) is 0 Å². The molecule has 3 rings (SSSR count). The third-order valence-corrected chi connectivity index (χ3v) is 6.29. The van der Waals surface area contributed by atoms with Crippen molar-refractivity contribution in [3.63, 3.8) is 0 Å². The van der Waals surface area contributed by atoms with Crippen LogP contribution < -0.4 is 9.62 Å². The monoisotopic (exact) mass is 403 g/mol. The maximum atomic E-state index is 12.9. The molecule has 1 aromatic heterocycles. The Morgan fingerprint density at radius 3 is 2.36 bits per heavy atom. The first-order valence-electron chi connectivity index (χ1n) is 9.51. The lowest BCUT2D eigenvalue weighted by Gasteiger charge is -2.24. The van der Waals surface area contributed by atoms with E-state index in [1.54, 1.807) is 24.3 Å². The smallest absolute Gasteiger partial charge is 0.337 e. The minimum Gasteiger partial charge on any atom is -0.478 e. The third kappa shape index (κ3) is 4.62. The van der Waals surface area contributed by atoms with Crippen molar-refractivity contribution >= 4 is 27.5 Å². The lowest BCUT2D eigenvalue weighted by molar-refractivity contribution is 0.0696. The van der Waals surface area contributed by atoms with Crippen LogP contribution in [0, 0.1) is 0 Å². The molecule has 0 radical (unpaired) electrons. The van der Waals surface area contributed by atoms with E-state index in [0.29, 0.717) is 5.82 Å². The molecule has 2 N–H and O–H groups in total. The van der Waals surface area contributed by atoms with Gasteiger partial charge in [-0.3, -0.25) is 4.72 Å². The summed E-state index contributed by atoms with van der Waals surface area (Å²) in [5.74, 6) is -0.677. The largest absolute Gasteiger partial charge is 0.478 e. The summed E-state index contributed by atoms with van der Waals surface area (Å²) in [7, 11) is -3.86. The van der Waals surface area contributed by atoms with Gasteiger partial charge in [0.2, 0.25) is 0 Å². The van der Waals surface area contributed by atoms with Crippen molar-refractivity contribution in [1.82, 2.24) is 4.98 Å². The number of benzene rings is 1. The molecule has 0 amide bonds. The van der Waals surface area contributed by atoms with Crippen LogP contribution >= 0.6 is 0 Å². The van der Waals surface area contributed by atoms with Gasteiger partial charge in [0.25, 0.3) is 10.0 Å². The molecule has 0 saturated carbocycles. The van der Waals surface area contributed by atoms with E-state index < -0.39 is 16.0 Å². The average Bonchev–Trinajstić information content (AvgIpc) is 2.97. The SMILES string of the molecule is CCc1ccc(S(=O)(=O)Nc2cc(C(=O)O)cnc2N2CCCCCC2)cc1. The summed E-state index contributed by atoms with van der Waals surface area (Å²) in [6, 6.07) is 8.00. The third-order valence-electron chi connectivity index (χ3n) is 4.91. The molecular formula is C20H25N3O4S. The molecule has 150 valence electrons. The van der Waals surface area contributed by atoms with Crippen molar-refractivity contribution in [2.75, 3.05) is 22.7 Å². The van der Waals surface area contributed by atoms with Crippen LogP contribution in [0.1, 0.15) is 48.5 Å². The van der Waals surface area contributed by atoms with Gasteiger partial charge in [0.15, 0.2) is 5.82 Å². The Bertz CT molecular complexity index is 934. The zero-order valence-corrected chi connectivity index (χ0v) is 16.7. The van der Waals surface area contributed by atoms with Gasteiger partial charge in [0.1, 0.15) is 0 Å². The van der Waals surface area contributed by atoms with Gasteiger partial charge in [-0.05, 0) is 43.0 Å². The Morgan fingerprint density at radius 1 is 1.14 bits per heavy atom. The fourth-order valence-corrected chi connectivity index (χ4v) is 4.34. The highest BCUT2D eigenvalue weighted by molar-refractivity contribution is 7.92. The minimum absolute atomic E-state index is 0.0578. The Labute approximate surface area is 165 Å². The van der Waals surface area contributed by atoms with Crippen LogP contribution in [-0.4, -0.2) is 37.6 Å². The normalized spacial score (nSPS) is 15.1. The molecule has 1 aliphatic heterocycles. The Balaban J connectivity index is 1.97. The van der Waals surface area contributed by atoms with Gasteiger partial charge in [0.05, 0.1) is 16.1 Å². The summed E-state index contributed by atoms with van der Waals surface area (Å²) in [6.07, 6.45) is 6.32. The van der Waals surface area contributed by atoms with E-state index in [2.05, 4.69) is 9.71 Å². The number of hydrogen-bond acceptors (Lipinski definition) is 5. The highest BCUT2D eigenvalue weighted by atomic mass is 32.2. The highest BCUT2D eigenvalue weighted by Gasteiger charge is 2.22. The fourth-order valence-electron chi connectivity index (χ4n) is 3.29. The number of aryl methyl sites for hydroxylation is 1. The van der Waals surface area contributed by atoms with Crippen molar-refractivity contribution < 1.29 is 18.3 Å². The molecule has 0 bridgehead atoms. The number of nitrogens with zero attached hydrogens (tertiary/aromatic N) is 2. The Morgan fingerprint density at radius 2 is 1.79 bits per heavy atom. The lowest BCUT2D eigenvalue weighted by atomic mass is 10.2. The number of aromatic carboxylic acids is 1. The van der Waals surface area contributed by atoms with Gasteiger partial charge < -0.3 is 10.0 Å². The number of aromatic nitrogens is 1. The summed E-state index contributed by atoms with van der Waals surface area (Å²) >= 11 is 0. The van der Waals surface area contributed by atoms with Gasteiger partial charge in [0, 0.05) is 19.3 Å². The molecule has 0 aliphatic carbocycles. The molecule has 1 saturated heterocycles. The Hall–Kier alpha value is -2.61. The quantitative estimate of drug-likeness (QED) is 0.765.